The summed E-state index contributed by atoms with van der Waals surface area (Å²) >= 11 is 0. The van der Waals surface area contributed by atoms with Crippen LogP contribution in [0.15, 0.2) is 0 Å². The molecule has 0 aliphatic carbocycles. The Morgan fingerprint density at radius 3 is 0.974 bits per heavy atom. The van der Waals surface area contributed by atoms with Crippen LogP contribution in [0.4, 0.5) is 0 Å². The first kappa shape index (κ1) is 40.6. The molecule has 0 amide bonds. The van der Waals surface area contributed by atoms with E-state index in [4.69, 9.17) is 19.6 Å². The van der Waals surface area contributed by atoms with E-state index in [0.717, 1.165) is 12.8 Å². The summed E-state index contributed by atoms with van der Waals surface area (Å²) in [5.74, 6) is 0. The van der Waals surface area contributed by atoms with Crippen LogP contribution in [-0.4, -0.2) is 65.9 Å². The van der Waals surface area contributed by atoms with Gasteiger partial charge in [0.05, 0.1) is 31.3 Å². The molecule has 0 saturated carbocycles. The Morgan fingerprint density at radius 1 is 0.500 bits per heavy atom. The molecule has 0 aromatic carbocycles. The Hall–Kier alpha value is 0.500. The SMILES string of the molecule is CCCCCCCCCCCCCCCCCCCCCCC(O)C(CO)(CO)CO.OP(O)OP(O)O. The van der Waals surface area contributed by atoms with Crippen LogP contribution in [0.5, 0.6) is 0 Å². The zero-order chi connectivity index (χ0) is 28.9. The van der Waals surface area contributed by atoms with Crippen molar-refractivity contribution in [3.63, 3.8) is 0 Å². The molecule has 0 heterocycles. The molecule has 0 aliphatic heterocycles. The average molecular weight is 591 g/mol. The van der Waals surface area contributed by atoms with Crippen molar-refractivity contribution < 1.29 is 44.3 Å². The molecule has 0 spiro atoms. The number of hydrogen-bond donors (Lipinski definition) is 8. The first-order chi connectivity index (χ1) is 18.3. The molecule has 1 unspecified atom stereocenters. The lowest BCUT2D eigenvalue weighted by Gasteiger charge is -2.32. The van der Waals surface area contributed by atoms with Crippen LogP contribution in [0, 0.1) is 5.41 Å². The van der Waals surface area contributed by atoms with E-state index in [0.29, 0.717) is 6.42 Å². The summed E-state index contributed by atoms with van der Waals surface area (Å²) in [5.41, 5.74) is -1.16. The second-order valence-corrected chi connectivity index (χ2v) is 12.1. The van der Waals surface area contributed by atoms with E-state index in [1.165, 1.54) is 116 Å². The Kier molecular flexibility index (Phi) is 32.6. The summed E-state index contributed by atoms with van der Waals surface area (Å²) in [6.45, 7) is 1.11. The second kappa shape index (κ2) is 30.5. The van der Waals surface area contributed by atoms with Gasteiger partial charge in [0.25, 0.3) is 0 Å². The third-order valence-corrected chi connectivity index (χ3v) is 8.30. The van der Waals surface area contributed by atoms with Crippen molar-refractivity contribution in [3.8, 4) is 0 Å². The lowest BCUT2D eigenvalue weighted by molar-refractivity contribution is -0.0863. The van der Waals surface area contributed by atoms with Crippen molar-refractivity contribution in [3.05, 3.63) is 0 Å². The predicted molar refractivity (Wildman–Crippen MR) is 156 cm³/mol. The largest absolute Gasteiger partial charge is 0.396 e. The molecule has 1 atom stereocenters. The molecule has 11 heteroatoms. The quantitative estimate of drug-likeness (QED) is 0.0425. The van der Waals surface area contributed by atoms with Gasteiger partial charge < -0.3 is 40.0 Å². The predicted octanol–water partition coefficient (Wildman–Crippen LogP) is 5.95. The van der Waals surface area contributed by atoms with Gasteiger partial charge in [-0.25, -0.2) is 4.31 Å². The smallest absolute Gasteiger partial charge is 0.334 e. The minimum atomic E-state index is -2.61. The fourth-order valence-electron chi connectivity index (χ4n) is 4.43. The number of rotatable bonds is 27. The van der Waals surface area contributed by atoms with Crippen LogP contribution >= 0.6 is 17.2 Å². The van der Waals surface area contributed by atoms with Crippen molar-refractivity contribution in [1.82, 2.24) is 0 Å². The highest BCUT2D eigenvalue weighted by Gasteiger charge is 2.36. The van der Waals surface area contributed by atoms with Gasteiger partial charge in [-0.05, 0) is 6.42 Å². The Labute approximate surface area is 234 Å². The van der Waals surface area contributed by atoms with Gasteiger partial charge in [0.1, 0.15) is 0 Å². The number of aliphatic hydroxyl groups excluding tert-OH is 4. The van der Waals surface area contributed by atoms with Gasteiger partial charge in [0, 0.05) is 0 Å². The molecule has 0 aromatic rings. The fourth-order valence-corrected chi connectivity index (χ4v) is 4.95. The topological polar surface area (TPSA) is 171 Å². The lowest BCUT2D eigenvalue weighted by Crippen LogP contribution is -2.45. The zero-order valence-corrected chi connectivity index (χ0v) is 25.7. The van der Waals surface area contributed by atoms with Crippen molar-refractivity contribution in [2.45, 2.75) is 148 Å². The van der Waals surface area contributed by atoms with Crippen LogP contribution in [0.2, 0.25) is 0 Å². The van der Waals surface area contributed by atoms with Gasteiger partial charge in [-0.2, -0.15) is 0 Å². The standard InChI is InChI=1S/C27H56O4.H4O5P2/c1-2-3-4-5-6-7-8-9-10-11-12-13-14-15-16-17-18-19-20-21-22-26(31)27(23-28,24-29)25-30;1-6(2)5-7(3)4/h26,28-31H,2-25H2,1H3;1-4H. The summed E-state index contributed by atoms with van der Waals surface area (Å²) in [4.78, 5) is 31.3. The van der Waals surface area contributed by atoms with Crippen molar-refractivity contribution in [2.24, 2.45) is 5.41 Å². The first-order valence-corrected chi connectivity index (χ1v) is 17.2. The molecular weight excluding hydrogens is 530 g/mol. The summed E-state index contributed by atoms with van der Waals surface area (Å²) in [7, 11) is -5.22. The third kappa shape index (κ3) is 26.7. The molecule has 0 radical (unpaired) electrons. The maximum atomic E-state index is 10.1. The maximum Gasteiger partial charge on any atom is 0.334 e. The molecule has 0 rings (SSSR count). The highest BCUT2D eigenvalue weighted by Crippen LogP contribution is 2.41. The van der Waals surface area contributed by atoms with Crippen LogP contribution in [0.25, 0.3) is 0 Å². The third-order valence-electron chi connectivity index (χ3n) is 7.13. The Bertz CT molecular complexity index is 442. The Morgan fingerprint density at radius 2 is 0.763 bits per heavy atom. The van der Waals surface area contributed by atoms with Gasteiger partial charge in [-0.15, -0.1) is 0 Å². The summed E-state index contributed by atoms with van der Waals surface area (Å²) < 4.78 is 3.60. The minimum Gasteiger partial charge on any atom is -0.396 e. The average Bonchev–Trinajstić information content (AvgIpc) is 2.88. The molecule has 8 N–H and O–H groups in total. The maximum absolute atomic E-state index is 10.1. The molecule has 0 aromatic heterocycles. The molecule has 0 aliphatic rings. The highest BCUT2D eigenvalue weighted by molar-refractivity contribution is 7.53. The van der Waals surface area contributed by atoms with Crippen molar-refractivity contribution >= 4 is 17.2 Å². The summed E-state index contributed by atoms with van der Waals surface area (Å²) in [6.07, 6.45) is 26.5. The first-order valence-electron chi connectivity index (χ1n) is 14.8. The van der Waals surface area contributed by atoms with Crippen molar-refractivity contribution in [2.75, 3.05) is 19.8 Å². The van der Waals surface area contributed by atoms with E-state index in [9.17, 15) is 20.4 Å². The van der Waals surface area contributed by atoms with Gasteiger partial charge in [-0.1, -0.05) is 135 Å². The second-order valence-electron chi connectivity index (χ2n) is 10.4. The number of aliphatic hydroxyl groups is 4. The van der Waals surface area contributed by atoms with Crippen LogP contribution in [0.3, 0.4) is 0 Å². The highest BCUT2D eigenvalue weighted by atomic mass is 31.2. The van der Waals surface area contributed by atoms with E-state index in [1.807, 2.05) is 0 Å². The fraction of sp³-hybridized carbons (Fsp3) is 1.00. The number of unbranched alkanes of at least 4 members (excludes halogenated alkanes) is 19. The monoisotopic (exact) mass is 590 g/mol. The summed E-state index contributed by atoms with van der Waals surface area (Å²) in [6, 6.07) is 0. The van der Waals surface area contributed by atoms with E-state index in [-0.39, 0.29) is 19.8 Å². The summed E-state index contributed by atoms with van der Waals surface area (Å²) in [5, 5.41) is 38.1. The molecule has 0 saturated heterocycles. The van der Waals surface area contributed by atoms with E-state index >= 15 is 0 Å². The molecule has 0 fully saturated rings. The molecule has 38 heavy (non-hydrogen) atoms. The number of hydrogen-bond acceptors (Lipinski definition) is 9. The molecular formula is C27H60O9P2. The van der Waals surface area contributed by atoms with E-state index < -0.39 is 28.7 Å². The molecule has 232 valence electrons. The van der Waals surface area contributed by atoms with Gasteiger partial charge in [-0.3, -0.25) is 0 Å². The van der Waals surface area contributed by atoms with Crippen LogP contribution in [0.1, 0.15) is 142 Å². The van der Waals surface area contributed by atoms with E-state index in [2.05, 4.69) is 11.2 Å². The lowest BCUT2D eigenvalue weighted by atomic mass is 9.82. The minimum absolute atomic E-state index is 0.389. The van der Waals surface area contributed by atoms with Crippen molar-refractivity contribution in [1.29, 1.82) is 0 Å². The Balaban J connectivity index is 0. The normalized spacial score (nSPS) is 12.7. The van der Waals surface area contributed by atoms with Gasteiger partial charge in [0.15, 0.2) is 0 Å². The van der Waals surface area contributed by atoms with Crippen LogP contribution in [-0.2, 0) is 4.31 Å². The van der Waals surface area contributed by atoms with Gasteiger partial charge in [0.2, 0.25) is 0 Å². The molecule has 0 bridgehead atoms. The van der Waals surface area contributed by atoms with Crippen LogP contribution < -0.4 is 0 Å². The molecule has 9 nitrogen and oxygen atoms in total. The zero-order valence-electron chi connectivity index (χ0n) is 23.9. The van der Waals surface area contributed by atoms with E-state index in [1.54, 1.807) is 0 Å². The van der Waals surface area contributed by atoms with Gasteiger partial charge >= 0.3 is 17.2 Å².